The zero-order valence-corrected chi connectivity index (χ0v) is 11.8. The molecule has 0 saturated heterocycles. The summed E-state index contributed by atoms with van der Waals surface area (Å²) in [6.07, 6.45) is -3.59. The first-order valence-corrected chi connectivity index (χ1v) is 6.45. The number of rotatable bonds is 7. The number of hydrogen-bond acceptors (Lipinski definition) is 4. The molecule has 0 saturated carbocycles. The third kappa shape index (κ3) is 5.24. The molecule has 0 radical (unpaired) electrons. The second-order valence-corrected chi connectivity index (χ2v) is 4.55. The van der Waals surface area contributed by atoms with Gasteiger partial charge in [0.1, 0.15) is 11.6 Å². The van der Waals surface area contributed by atoms with Crippen molar-refractivity contribution < 1.29 is 17.9 Å². The molecule has 1 atom stereocenters. The molecule has 0 spiro atoms. The van der Waals surface area contributed by atoms with Crippen molar-refractivity contribution in [2.75, 3.05) is 30.9 Å². The minimum Gasteiger partial charge on any atom is -0.383 e. The van der Waals surface area contributed by atoms with Gasteiger partial charge in [-0.05, 0) is 25.5 Å². The molecule has 0 aliphatic rings. The Bertz CT molecular complexity index is 424. The Labute approximate surface area is 116 Å². The number of aromatic nitrogens is 1. The molecule has 0 amide bonds. The number of anilines is 2. The van der Waals surface area contributed by atoms with E-state index in [4.69, 9.17) is 4.74 Å². The summed E-state index contributed by atoms with van der Waals surface area (Å²) < 4.78 is 43.5. The molecule has 114 valence electrons. The van der Waals surface area contributed by atoms with E-state index in [2.05, 4.69) is 15.6 Å². The summed E-state index contributed by atoms with van der Waals surface area (Å²) >= 11 is 0. The Morgan fingerprint density at radius 2 is 1.95 bits per heavy atom. The van der Waals surface area contributed by atoms with Gasteiger partial charge >= 0.3 is 6.18 Å². The normalized spacial score (nSPS) is 13.1. The molecular formula is C13H20F3N3O. The Morgan fingerprint density at radius 1 is 1.30 bits per heavy atom. The topological polar surface area (TPSA) is 46.2 Å². The number of ether oxygens (including phenoxy) is 1. The van der Waals surface area contributed by atoms with E-state index < -0.39 is 11.7 Å². The molecule has 0 fully saturated rings. The van der Waals surface area contributed by atoms with E-state index >= 15 is 0 Å². The third-order valence-corrected chi connectivity index (χ3v) is 2.52. The minimum atomic E-state index is -4.40. The number of methoxy groups -OCH3 is 1. The van der Waals surface area contributed by atoms with Crippen LogP contribution in [0.15, 0.2) is 12.1 Å². The van der Waals surface area contributed by atoms with E-state index in [0.717, 1.165) is 18.6 Å². The maximum absolute atomic E-state index is 12.8. The quantitative estimate of drug-likeness (QED) is 0.808. The van der Waals surface area contributed by atoms with Gasteiger partial charge < -0.3 is 15.4 Å². The van der Waals surface area contributed by atoms with Gasteiger partial charge in [0.15, 0.2) is 0 Å². The van der Waals surface area contributed by atoms with Gasteiger partial charge in [0.25, 0.3) is 0 Å². The van der Waals surface area contributed by atoms with Crippen LogP contribution >= 0.6 is 0 Å². The zero-order valence-electron chi connectivity index (χ0n) is 11.8. The van der Waals surface area contributed by atoms with Crippen LogP contribution in [0.1, 0.15) is 25.8 Å². The van der Waals surface area contributed by atoms with Gasteiger partial charge in [-0.15, -0.1) is 0 Å². The number of nitrogens with one attached hydrogen (secondary N) is 2. The van der Waals surface area contributed by atoms with Crippen LogP contribution in [0.4, 0.5) is 24.8 Å². The number of pyridine rings is 1. The Kier molecular flexibility index (Phi) is 6.06. The van der Waals surface area contributed by atoms with Crippen LogP contribution in [0.2, 0.25) is 0 Å². The number of halogens is 3. The predicted octanol–water partition coefficient (Wildman–Crippen LogP) is 3.37. The molecule has 1 rings (SSSR count). The van der Waals surface area contributed by atoms with Gasteiger partial charge in [-0.1, -0.05) is 6.92 Å². The summed E-state index contributed by atoms with van der Waals surface area (Å²) in [6, 6.07) is 1.89. The van der Waals surface area contributed by atoms with Crippen LogP contribution in [0.5, 0.6) is 0 Å². The van der Waals surface area contributed by atoms with Crippen molar-refractivity contribution in [1.82, 2.24) is 4.98 Å². The summed E-state index contributed by atoms with van der Waals surface area (Å²) in [7, 11) is 1.53. The van der Waals surface area contributed by atoms with Crippen LogP contribution in [0, 0.1) is 0 Å². The van der Waals surface area contributed by atoms with Gasteiger partial charge in [0, 0.05) is 19.7 Å². The molecular weight excluding hydrogens is 271 g/mol. The van der Waals surface area contributed by atoms with Crippen molar-refractivity contribution in [1.29, 1.82) is 0 Å². The van der Waals surface area contributed by atoms with E-state index in [-0.39, 0.29) is 17.7 Å². The zero-order chi connectivity index (χ0) is 15.2. The Hall–Kier alpha value is -1.50. The van der Waals surface area contributed by atoms with Crippen LogP contribution in [0.3, 0.4) is 0 Å². The van der Waals surface area contributed by atoms with E-state index in [9.17, 15) is 13.2 Å². The van der Waals surface area contributed by atoms with Crippen LogP contribution in [-0.4, -0.2) is 31.3 Å². The second kappa shape index (κ2) is 7.33. The highest BCUT2D eigenvalue weighted by Gasteiger charge is 2.31. The van der Waals surface area contributed by atoms with Crippen molar-refractivity contribution >= 4 is 11.6 Å². The van der Waals surface area contributed by atoms with E-state index in [1.165, 1.54) is 7.11 Å². The van der Waals surface area contributed by atoms with Crippen LogP contribution in [0.25, 0.3) is 0 Å². The monoisotopic (exact) mass is 291 g/mol. The van der Waals surface area contributed by atoms with Crippen LogP contribution in [-0.2, 0) is 10.9 Å². The number of alkyl halides is 3. The first-order chi connectivity index (χ1) is 9.36. The second-order valence-electron chi connectivity index (χ2n) is 4.55. The predicted molar refractivity (Wildman–Crippen MR) is 73.0 cm³/mol. The molecule has 20 heavy (non-hydrogen) atoms. The van der Waals surface area contributed by atoms with Crippen molar-refractivity contribution in [3.63, 3.8) is 0 Å². The van der Waals surface area contributed by atoms with Crippen molar-refractivity contribution in [3.8, 4) is 0 Å². The highest BCUT2D eigenvalue weighted by Crippen LogP contribution is 2.32. The van der Waals surface area contributed by atoms with E-state index in [1.54, 1.807) is 0 Å². The standard InChI is InChI=1S/C13H20F3N3O/c1-4-5-17-11-6-10(13(14,15)16)7-12(19-11)18-9(2)8-20-3/h6-7,9H,4-5,8H2,1-3H3,(H2,17,18,19). The fourth-order valence-corrected chi connectivity index (χ4v) is 1.66. The molecule has 0 aromatic carbocycles. The van der Waals surface area contributed by atoms with Gasteiger partial charge in [0.05, 0.1) is 12.2 Å². The summed E-state index contributed by atoms with van der Waals surface area (Å²) in [4.78, 5) is 4.13. The molecule has 2 N–H and O–H groups in total. The first-order valence-electron chi connectivity index (χ1n) is 6.45. The molecule has 1 unspecified atom stereocenters. The van der Waals surface area contributed by atoms with Crippen molar-refractivity contribution in [2.24, 2.45) is 0 Å². The lowest BCUT2D eigenvalue weighted by Gasteiger charge is -2.17. The number of hydrogen-bond donors (Lipinski definition) is 2. The molecule has 1 heterocycles. The van der Waals surface area contributed by atoms with Gasteiger partial charge in [-0.2, -0.15) is 13.2 Å². The molecule has 0 aliphatic carbocycles. The van der Waals surface area contributed by atoms with E-state index in [0.29, 0.717) is 13.2 Å². The number of nitrogens with zero attached hydrogens (tertiary/aromatic N) is 1. The Balaban J connectivity index is 2.97. The third-order valence-electron chi connectivity index (χ3n) is 2.52. The summed E-state index contributed by atoms with van der Waals surface area (Å²) in [6.45, 7) is 4.70. The van der Waals surface area contributed by atoms with Gasteiger partial charge in [-0.25, -0.2) is 4.98 Å². The van der Waals surface area contributed by atoms with Crippen molar-refractivity contribution in [2.45, 2.75) is 32.5 Å². The first kappa shape index (κ1) is 16.6. The minimum absolute atomic E-state index is 0.130. The molecule has 1 aromatic rings. The summed E-state index contributed by atoms with van der Waals surface area (Å²) in [5.41, 5.74) is -0.724. The Morgan fingerprint density at radius 3 is 2.50 bits per heavy atom. The lowest BCUT2D eigenvalue weighted by Crippen LogP contribution is -2.22. The van der Waals surface area contributed by atoms with E-state index in [1.807, 2.05) is 13.8 Å². The molecule has 7 heteroatoms. The van der Waals surface area contributed by atoms with Crippen molar-refractivity contribution in [3.05, 3.63) is 17.7 Å². The van der Waals surface area contributed by atoms with Gasteiger partial charge in [0.2, 0.25) is 0 Å². The average molecular weight is 291 g/mol. The van der Waals surface area contributed by atoms with Crippen LogP contribution < -0.4 is 10.6 Å². The molecule has 4 nitrogen and oxygen atoms in total. The highest BCUT2D eigenvalue weighted by molar-refractivity contribution is 5.50. The summed E-state index contributed by atoms with van der Waals surface area (Å²) in [5, 5.41) is 5.77. The summed E-state index contributed by atoms with van der Waals surface area (Å²) in [5.74, 6) is 0.400. The SMILES string of the molecule is CCCNc1cc(C(F)(F)F)cc(NC(C)COC)n1. The fraction of sp³-hybridized carbons (Fsp3) is 0.615. The molecule has 0 bridgehead atoms. The molecule has 1 aromatic heterocycles. The average Bonchev–Trinajstić information content (AvgIpc) is 2.35. The lowest BCUT2D eigenvalue weighted by molar-refractivity contribution is -0.137. The maximum Gasteiger partial charge on any atom is 0.416 e. The largest absolute Gasteiger partial charge is 0.416 e. The smallest absolute Gasteiger partial charge is 0.383 e. The molecule has 0 aliphatic heterocycles. The highest BCUT2D eigenvalue weighted by atomic mass is 19.4. The lowest BCUT2D eigenvalue weighted by atomic mass is 10.2. The fourth-order valence-electron chi connectivity index (χ4n) is 1.66. The maximum atomic E-state index is 12.8. The van der Waals surface area contributed by atoms with Gasteiger partial charge in [-0.3, -0.25) is 0 Å².